The van der Waals surface area contributed by atoms with Crippen LogP contribution in [0, 0.1) is 5.92 Å². The first-order valence-electron chi connectivity index (χ1n) is 6.75. The second-order valence-corrected chi connectivity index (χ2v) is 4.77. The van der Waals surface area contributed by atoms with E-state index in [2.05, 4.69) is 17.6 Å². The highest BCUT2D eigenvalue weighted by molar-refractivity contribution is 7.80. The van der Waals surface area contributed by atoms with Gasteiger partial charge in [0.1, 0.15) is 0 Å². The molecule has 1 aromatic carbocycles. The maximum atomic E-state index is 12.1. The van der Waals surface area contributed by atoms with Gasteiger partial charge < -0.3 is 4.57 Å². The average molecular weight is 278 g/mol. The van der Waals surface area contributed by atoms with Crippen LogP contribution in [0.3, 0.4) is 0 Å². The quantitative estimate of drug-likeness (QED) is 0.681. The van der Waals surface area contributed by atoms with Gasteiger partial charge in [0.25, 0.3) is 0 Å². The molecule has 3 nitrogen and oxygen atoms in total. The highest BCUT2D eigenvalue weighted by atomic mass is 32.1. The summed E-state index contributed by atoms with van der Waals surface area (Å²) in [7, 11) is 0. The number of benzene rings is 1. The molecule has 0 aliphatic heterocycles. The Bertz CT molecular complexity index is 546. The number of hydrogen-bond donors (Lipinski definition) is 1. The predicted molar refractivity (Wildman–Crippen MR) is 84.1 cm³/mol. The van der Waals surface area contributed by atoms with E-state index in [4.69, 9.17) is 0 Å². The average Bonchev–Trinajstić information content (AvgIpc) is 2.79. The van der Waals surface area contributed by atoms with Gasteiger partial charge in [-0.15, -0.1) is 0 Å². The third-order valence-corrected chi connectivity index (χ3v) is 2.92. The van der Waals surface area contributed by atoms with Crippen LogP contribution in [0.25, 0.3) is 11.0 Å². The van der Waals surface area contributed by atoms with E-state index >= 15 is 0 Å². The van der Waals surface area contributed by atoms with Gasteiger partial charge in [-0.05, 0) is 12.1 Å². The van der Waals surface area contributed by atoms with Crippen molar-refractivity contribution < 1.29 is 4.79 Å². The summed E-state index contributed by atoms with van der Waals surface area (Å²) in [5, 5.41) is 0. The fourth-order valence-electron chi connectivity index (χ4n) is 1.85. The van der Waals surface area contributed by atoms with E-state index in [0.29, 0.717) is 18.1 Å². The topological polar surface area (TPSA) is 34.9 Å². The first-order valence-corrected chi connectivity index (χ1v) is 7.38. The number of hydrogen-bond acceptors (Lipinski definition) is 3. The Morgan fingerprint density at radius 3 is 2.53 bits per heavy atom. The normalized spacial score (nSPS) is 10.4. The third kappa shape index (κ3) is 3.38. The van der Waals surface area contributed by atoms with E-state index in [1.807, 2.05) is 56.5 Å². The summed E-state index contributed by atoms with van der Waals surface area (Å²) >= 11 is 4.24. The van der Waals surface area contributed by atoms with Gasteiger partial charge in [-0.1, -0.05) is 39.8 Å². The summed E-state index contributed by atoms with van der Waals surface area (Å²) in [4.78, 5) is 16.5. The third-order valence-electron chi connectivity index (χ3n) is 2.72. The fraction of sp³-hybridized carbons (Fsp3) is 0.467. The van der Waals surface area contributed by atoms with E-state index in [0.717, 1.165) is 11.0 Å². The van der Waals surface area contributed by atoms with Crippen molar-refractivity contribution in [3.8, 4) is 0 Å². The number of fused-ring (bicyclic) bond motifs is 1. The zero-order valence-electron chi connectivity index (χ0n) is 12.1. The molecule has 2 rings (SSSR count). The van der Waals surface area contributed by atoms with Gasteiger partial charge in [-0.3, -0.25) is 4.79 Å². The number of carbonyl (C=O) groups is 1. The van der Waals surface area contributed by atoms with Crippen LogP contribution in [0.2, 0.25) is 0 Å². The number of aromatic nitrogens is 2. The van der Waals surface area contributed by atoms with Crippen LogP contribution in [-0.2, 0) is 6.54 Å². The van der Waals surface area contributed by atoms with Crippen LogP contribution in [0.4, 0.5) is 0 Å². The molecule has 0 aliphatic carbocycles. The predicted octanol–water partition coefficient (Wildman–Crippen LogP) is 3.83. The molecule has 1 aromatic heterocycles. The Hall–Kier alpha value is -1.29. The van der Waals surface area contributed by atoms with E-state index in [1.165, 1.54) is 0 Å². The molecule has 0 unspecified atom stereocenters. The molecule has 0 saturated carbocycles. The van der Waals surface area contributed by atoms with Crippen molar-refractivity contribution in [1.29, 1.82) is 0 Å². The van der Waals surface area contributed by atoms with Gasteiger partial charge in [0.2, 0.25) is 5.78 Å². The van der Waals surface area contributed by atoms with Crippen molar-refractivity contribution in [2.45, 2.75) is 34.2 Å². The van der Waals surface area contributed by atoms with Crippen LogP contribution < -0.4 is 0 Å². The summed E-state index contributed by atoms with van der Waals surface area (Å²) in [6, 6.07) is 7.82. The lowest BCUT2D eigenvalue weighted by molar-refractivity contribution is 0.0925. The minimum absolute atomic E-state index is 0.0366. The fourth-order valence-corrected chi connectivity index (χ4v) is 2.05. The number of imidazole rings is 1. The number of nitrogens with zero attached hydrogens (tertiary/aromatic N) is 2. The molecule has 4 heteroatoms. The minimum atomic E-state index is -0.0366. The molecule has 0 radical (unpaired) electrons. The number of rotatable bonds is 4. The van der Waals surface area contributed by atoms with Gasteiger partial charge in [0, 0.05) is 18.2 Å². The Kier molecular flexibility index (Phi) is 6.09. The summed E-state index contributed by atoms with van der Waals surface area (Å²) < 4.78 is 1.96. The van der Waals surface area contributed by atoms with Crippen molar-refractivity contribution in [2.75, 3.05) is 5.75 Å². The lowest BCUT2D eigenvalue weighted by atomic mass is 10.1. The first kappa shape index (κ1) is 15.8. The highest BCUT2D eigenvalue weighted by Crippen LogP contribution is 2.18. The van der Waals surface area contributed by atoms with Crippen molar-refractivity contribution in [1.82, 2.24) is 9.55 Å². The first-order chi connectivity index (χ1) is 9.15. The van der Waals surface area contributed by atoms with Gasteiger partial charge in [-0.2, -0.15) is 12.6 Å². The smallest absolute Gasteiger partial charge is 0.200 e. The van der Waals surface area contributed by atoms with Crippen LogP contribution in [0.15, 0.2) is 24.3 Å². The highest BCUT2D eigenvalue weighted by Gasteiger charge is 2.19. The largest absolute Gasteiger partial charge is 0.321 e. The number of para-hydroxylation sites is 2. The second kappa shape index (κ2) is 7.34. The molecule has 0 saturated heterocycles. The van der Waals surface area contributed by atoms with Crippen LogP contribution in [0.1, 0.15) is 38.3 Å². The van der Waals surface area contributed by atoms with Crippen molar-refractivity contribution in [3.63, 3.8) is 0 Å². The van der Waals surface area contributed by atoms with Crippen molar-refractivity contribution in [3.05, 3.63) is 30.1 Å². The summed E-state index contributed by atoms with van der Waals surface area (Å²) in [6.45, 7) is 8.50. The molecule has 0 amide bonds. The van der Waals surface area contributed by atoms with Crippen molar-refractivity contribution in [2.24, 2.45) is 5.92 Å². The maximum Gasteiger partial charge on any atom is 0.200 e. The molecule has 2 aromatic rings. The number of ketones is 1. The molecule has 0 bridgehead atoms. The molecular weight excluding hydrogens is 256 g/mol. The monoisotopic (exact) mass is 278 g/mol. The molecule has 104 valence electrons. The van der Waals surface area contributed by atoms with E-state index < -0.39 is 0 Å². The number of Topliss-reactive ketones (excluding diaryl/α,β-unsaturated/α-hetero) is 1. The van der Waals surface area contributed by atoms with Gasteiger partial charge in [0.05, 0.1) is 11.0 Å². The number of thiol groups is 1. The maximum absolute atomic E-state index is 12.1. The van der Waals surface area contributed by atoms with Gasteiger partial charge >= 0.3 is 0 Å². The Balaban J connectivity index is 0.000000861. The number of carbonyl (C=O) groups excluding carboxylic acids is 1. The van der Waals surface area contributed by atoms with Gasteiger partial charge in [-0.25, -0.2) is 4.98 Å². The molecule has 0 spiro atoms. The van der Waals surface area contributed by atoms with Crippen molar-refractivity contribution >= 4 is 29.4 Å². The summed E-state index contributed by atoms with van der Waals surface area (Å²) in [6.07, 6.45) is 0. The molecule has 0 N–H and O–H groups in total. The molecule has 0 aliphatic rings. The van der Waals surface area contributed by atoms with Crippen LogP contribution in [0.5, 0.6) is 0 Å². The molecule has 0 atom stereocenters. The zero-order chi connectivity index (χ0) is 14.4. The minimum Gasteiger partial charge on any atom is -0.321 e. The van der Waals surface area contributed by atoms with E-state index in [-0.39, 0.29) is 11.7 Å². The van der Waals surface area contributed by atoms with Crippen LogP contribution in [-0.4, -0.2) is 21.1 Å². The SMILES string of the molecule is CC.CC(C)C(=O)c1nc2ccccc2n1CCS. The van der Waals surface area contributed by atoms with Gasteiger partial charge in [0.15, 0.2) is 5.82 Å². The summed E-state index contributed by atoms with van der Waals surface area (Å²) in [5.41, 5.74) is 1.88. The molecule has 19 heavy (non-hydrogen) atoms. The van der Waals surface area contributed by atoms with E-state index in [1.54, 1.807) is 0 Å². The standard InChI is InChI=1S/C13H16N2OS.C2H6/c1-9(2)12(16)13-14-10-5-3-4-6-11(10)15(13)7-8-17;1-2/h3-6,9,17H,7-8H2,1-2H3;1-2H3. The zero-order valence-corrected chi connectivity index (χ0v) is 12.9. The Labute approximate surface area is 120 Å². The lowest BCUT2D eigenvalue weighted by Crippen LogP contribution is -2.16. The Morgan fingerprint density at radius 2 is 1.95 bits per heavy atom. The lowest BCUT2D eigenvalue weighted by Gasteiger charge is -2.08. The summed E-state index contributed by atoms with van der Waals surface area (Å²) in [5.74, 6) is 1.29. The molecule has 1 heterocycles. The number of aryl methyl sites for hydroxylation is 1. The molecule has 0 fully saturated rings. The van der Waals surface area contributed by atoms with E-state index in [9.17, 15) is 4.79 Å². The molecular formula is C15H22N2OS. The van der Waals surface area contributed by atoms with Crippen LogP contribution >= 0.6 is 12.6 Å². The Morgan fingerprint density at radius 1 is 1.32 bits per heavy atom. The second-order valence-electron chi connectivity index (χ2n) is 4.32.